The summed E-state index contributed by atoms with van der Waals surface area (Å²) < 4.78 is 54.7. The van der Waals surface area contributed by atoms with Crippen molar-refractivity contribution in [1.29, 1.82) is 0 Å². The van der Waals surface area contributed by atoms with E-state index in [-0.39, 0.29) is 17.5 Å². The average molecular weight is 342 g/mol. The van der Waals surface area contributed by atoms with Crippen molar-refractivity contribution in [2.24, 2.45) is 0 Å². The van der Waals surface area contributed by atoms with E-state index in [0.717, 1.165) is 0 Å². The molecule has 9 heteroatoms. The fourth-order valence-electron chi connectivity index (χ4n) is 1.97. The third kappa shape index (κ3) is 7.88. The Kier molecular flexibility index (Phi) is 6.14. The van der Waals surface area contributed by atoms with Crippen molar-refractivity contribution in [1.82, 2.24) is 10.6 Å². The maximum atomic E-state index is 13.7. The van der Waals surface area contributed by atoms with Gasteiger partial charge in [-0.2, -0.15) is 0 Å². The smallest absolute Gasteiger partial charge is 0.407 e. The number of halogens is 2. The number of sulfone groups is 1. The van der Waals surface area contributed by atoms with Crippen LogP contribution in [-0.2, 0) is 14.6 Å². The minimum atomic E-state index is -3.13. The van der Waals surface area contributed by atoms with E-state index in [2.05, 4.69) is 5.32 Å². The fourth-order valence-corrected chi connectivity index (χ4v) is 3.46. The molecule has 2 N–H and O–H groups in total. The van der Waals surface area contributed by atoms with E-state index in [1.165, 1.54) is 0 Å². The molecule has 1 fully saturated rings. The quantitative estimate of drug-likeness (QED) is 0.787. The third-order valence-electron chi connectivity index (χ3n) is 3.09. The molecule has 1 amide bonds. The van der Waals surface area contributed by atoms with Gasteiger partial charge in [-0.25, -0.2) is 22.0 Å². The highest BCUT2D eigenvalue weighted by Crippen LogP contribution is 2.16. The number of hydrogen-bond donors (Lipinski definition) is 2. The summed E-state index contributed by atoms with van der Waals surface area (Å²) in [6, 6.07) is -0.240. The van der Waals surface area contributed by atoms with Gasteiger partial charge in [0.05, 0.1) is 24.6 Å². The summed E-state index contributed by atoms with van der Waals surface area (Å²) in [5.41, 5.74) is -0.745. The van der Waals surface area contributed by atoms with E-state index in [0.29, 0.717) is 12.8 Å². The molecule has 0 bridgehead atoms. The van der Waals surface area contributed by atoms with E-state index >= 15 is 0 Å². The molecule has 6 nitrogen and oxygen atoms in total. The van der Waals surface area contributed by atoms with Gasteiger partial charge >= 0.3 is 6.09 Å². The van der Waals surface area contributed by atoms with Gasteiger partial charge in [-0.1, -0.05) is 0 Å². The highest BCUT2D eigenvalue weighted by molar-refractivity contribution is 7.91. The third-order valence-corrected chi connectivity index (χ3v) is 4.81. The maximum absolute atomic E-state index is 13.7. The normalized spacial score (nSPS) is 19.7. The molecule has 1 rings (SSSR count). The Hall–Kier alpha value is -0.960. The highest BCUT2D eigenvalue weighted by atomic mass is 32.2. The predicted molar refractivity (Wildman–Crippen MR) is 78.9 cm³/mol. The predicted octanol–water partition coefficient (Wildman–Crippen LogP) is 1.31. The van der Waals surface area contributed by atoms with E-state index in [9.17, 15) is 22.0 Å². The Labute approximate surface area is 129 Å². The fraction of sp³-hybridized carbons (Fsp3) is 0.923. The van der Waals surface area contributed by atoms with Crippen LogP contribution >= 0.6 is 0 Å². The lowest BCUT2D eigenvalue weighted by molar-refractivity contribution is -0.00576. The van der Waals surface area contributed by atoms with Crippen LogP contribution < -0.4 is 10.6 Å². The summed E-state index contributed by atoms with van der Waals surface area (Å²) in [6.45, 7) is 3.48. The molecule has 0 aromatic carbocycles. The van der Waals surface area contributed by atoms with E-state index < -0.39 is 40.5 Å². The first-order valence-corrected chi connectivity index (χ1v) is 8.99. The molecule has 1 aliphatic rings. The zero-order valence-electron chi connectivity index (χ0n) is 13.1. The van der Waals surface area contributed by atoms with Gasteiger partial charge in [0.15, 0.2) is 0 Å². The number of alkyl carbamates (subject to hydrolysis) is 1. The minimum Gasteiger partial charge on any atom is -0.444 e. The first-order valence-electron chi connectivity index (χ1n) is 7.17. The van der Waals surface area contributed by atoms with Crippen LogP contribution in [0, 0.1) is 0 Å². The minimum absolute atomic E-state index is 0.0202. The Morgan fingerprint density at radius 1 is 1.18 bits per heavy atom. The van der Waals surface area contributed by atoms with Crippen LogP contribution in [0.1, 0.15) is 33.6 Å². The van der Waals surface area contributed by atoms with Gasteiger partial charge in [0, 0.05) is 6.04 Å². The Bertz CT molecular complexity index is 475. The van der Waals surface area contributed by atoms with Crippen molar-refractivity contribution in [2.45, 2.75) is 51.2 Å². The van der Waals surface area contributed by atoms with Gasteiger partial charge in [0.1, 0.15) is 15.4 Å². The molecule has 0 aliphatic carbocycles. The SMILES string of the molecule is CC(C)(C)OC(=O)NCC(F)(F)CNC1CCS(=O)(=O)CC1. The maximum Gasteiger partial charge on any atom is 0.407 e. The number of rotatable bonds is 5. The second-order valence-electron chi connectivity index (χ2n) is 6.52. The Morgan fingerprint density at radius 2 is 1.73 bits per heavy atom. The Balaban J connectivity index is 2.31. The molecular weight excluding hydrogens is 318 g/mol. The second kappa shape index (κ2) is 7.08. The van der Waals surface area contributed by atoms with Gasteiger partial charge in [-0.3, -0.25) is 0 Å². The van der Waals surface area contributed by atoms with Crippen LogP contribution in [0.5, 0.6) is 0 Å². The topological polar surface area (TPSA) is 84.5 Å². The molecule has 0 spiro atoms. The van der Waals surface area contributed by atoms with Crippen molar-refractivity contribution in [2.75, 3.05) is 24.6 Å². The standard InChI is InChI=1S/C13H24F2N2O4S/c1-12(2,3)21-11(18)17-9-13(14,15)8-16-10-4-6-22(19,20)7-5-10/h10,16H,4-9H2,1-3H3,(H,17,18). The number of carbonyl (C=O) groups excluding carboxylic acids is 1. The monoisotopic (exact) mass is 342 g/mol. The van der Waals surface area contributed by atoms with Gasteiger partial charge in [0.25, 0.3) is 5.92 Å². The molecule has 1 aliphatic heterocycles. The summed E-state index contributed by atoms with van der Waals surface area (Å²) >= 11 is 0. The van der Waals surface area contributed by atoms with Crippen molar-refractivity contribution in [3.05, 3.63) is 0 Å². The van der Waals surface area contributed by atoms with E-state index in [1.807, 2.05) is 5.32 Å². The van der Waals surface area contributed by atoms with Crippen LogP contribution in [-0.4, -0.2) is 56.7 Å². The molecule has 0 aromatic heterocycles. The number of alkyl halides is 2. The zero-order valence-corrected chi connectivity index (χ0v) is 13.9. The molecule has 0 aromatic rings. The van der Waals surface area contributed by atoms with Crippen LogP contribution in [0.4, 0.5) is 13.6 Å². The van der Waals surface area contributed by atoms with Crippen molar-refractivity contribution >= 4 is 15.9 Å². The first-order chi connectivity index (χ1) is 9.89. The number of hydrogen-bond acceptors (Lipinski definition) is 5. The lowest BCUT2D eigenvalue weighted by Gasteiger charge is -2.26. The van der Waals surface area contributed by atoms with Gasteiger partial charge in [-0.05, 0) is 33.6 Å². The van der Waals surface area contributed by atoms with Crippen molar-refractivity contribution in [3.8, 4) is 0 Å². The van der Waals surface area contributed by atoms with E-state index in [4.69, 9.17) is 4.74 Å². The first kappa shape index (κ1) is 19.1. The summed E-state index contributed by atoms with van der Waals surface area (Å²) in [7, 11) is -3.01. The lowest BCUT2D eigenvalue weighted by atomic mass is 10.1. The molecule has 0 radical (unpaired) electrons. The number of nitrogens with one attached hydrogen (secondary N) is 2. The van der Waals surface area contributed by atoms with Gasteiger partial charge < -0.3 is 15.4 Å². The Morgan fingerprint density at radius 3 is 2.23 bits per heavy atom. The van der Waals surface area contributed by atoms with Gasteiger partial charge in [-0.15, -0.1) is 0 Å². The van der Waals surface area contributed by atoms with Crippen molar-refractivity contribution in [3.63, 3.8) is 0 Å². The molecule has 0 unspecified atom stereocenters. The van der Waals surface area contributed by atoms with Crippen LogP contribution in [0.15, 0.2) is 0 Å². The molecule has 0 atom stereocenters. The van der Waals surface area contributed by atoms with Gasteiger partial charge in [0.2, 0.25) is 0 Å². The second-order valence-corrected chi connectivity index (χ2v) is 8.82. The lowest BCUT2D eigenvalue weighted by Crippen LogP contribution is -2.48. The zero-order chi connectivity index (χ0) is 17.0. The van der Waals surface area contributed by atoms with Crippen molar-refractivity contribution < 1.29 is 26.7 Å². The number of ether oxygens (including phenoxy) is 1. The summed E-state index contributed by atoms with van der Waals surface area (Å²) in [5.74, 6) is -3.09. The summed E-state index contributed by atoms with van der Waals surface area (Å²) in [5, 5.41) is 4.70. The average Bonchev–Trinajstić information content (AvgIpc) is 2.33. The highest BCUT2D eigenvalue weighted by Gasteiger charge is 2.32. The molecular formula is C13H24F2N2O4S. The summed E-state index contributed by atoms with van der Waals surface area (Å²) in [6.07, 6.45) is -0.230. The number of amides is 1. The molecule has 1 heterocycles. The largest absolute Gasteiger partial charge is 0.444 e. The van der Waals surface area contributed by atoms with Crippen LogP contribution in [0.2, 0.25) is 0 Å². The summed E-state index contributed by atoms with van der Waals surface area (Å²) in [4.78, 5) is 11.3. The van der Waals surface area contributed by atoms with Crippen LogP contribution in [0.25, 0.3) is 0 Å². The number of carbonyl (C=O) groups is 1. The molecule has 1 saturated heterocycles. The molecule has 22 heavy (non-hydrogen) atoms. The molecule has 130 valence electrons. The van der Waals surface area contributed by atoms with E-state index in [1.54, 1.807) is 20.8 Å². The van der Waals surface area contributed by atoms with Crippen LogP contribution in [0.3, 0.4) is 0 Å². The molecule has 0 saturated carbocycles.